The summed E-state index contributed by atoms with van der Waals surface area (Å²) in [5.41, 5.74) is 1.35. The molecular weight excluding hydrogens is 270 g/mol. The van der Waals surface area contributed by atoms with E-state index in [1.165, 1.54) is 0 Å². The minimum atomic E-state index is -0.883. The van der Waals surface area contributed by atoms with Gasteiger partial charge in [0, 0.05) is 11.0 Å². The molecular formula is C12H16BrNO2. The Labute approximate surface area is 104 Å². The largest absolute Gasteiger partial charge is 0.478 e. The summed E-state index contributed by atoms with van der Waals surface area (Å²) in [6.07, 6.45) is 1.09. The second-order valence-electron chi connectivity index (χ2n) is 3.85. The monoisotopic (exact) mass is 285 g/mol. The normalized spacial score (nSPS) is 10.8. The highest BCUT2D eigenvalue weighted by Crippen LogP contribution is 2.20. The lowest BCUT2D eigenvalue weighted by Crippen LogP contribution is -2.19. The van der Waals surface area contributed by atoms with Gasteiger partial charge in [-0.2, -0.15) is 0 Å². The molecule has 0 saturated heterocycles. The zero-order valence-electron chi connectivity index (χ0n) is 9.53. The lowest BCUT2D eigenvalue weighted by Gasteiger charge is -2.16. The molecule has 88 valence electrons. The molecule has 3 nitrogen and oxygen atoms in total. The summed E-state index contributed by atoms with van der Waals surface area (Å²) in [7, 11) is 2.03. The van der Waals surface area contributed by atoms with E-state index < -0.39 is 5.97 Å². The molecule has 0 bridgehead atoms. The molecule has 0 atom stereocenters. The Kier molecular flexibility index (Phi) is 4.96. The van der Waals surface area contributed by atoms with Crippen molar-refractivity contribution >= 4 is 21.9 Å². The highest BCUT2D eigenvalue weighted by atomic mass is 79.9. The van der Waals surface area contributed by atoms with Gasteiger partial charge >= 0.3 is 5.97 Å². The molecule has 4 heteroatoms. The Morgan fingerprint density at radius 2 is 2.19 bits per heavy atom. The average Bonchev–Trinajstić information content (AvgIpc) is 2.21. The number of hydrogen-bond acceptors (Lipinski definition) is 2. The molecule has 1 aromatic carbocycles. The van der Waals surface area contributed by atoms with Crippen molar-refractivity contribution in [3.8, 4) is 0 Å². The van der Waals surface area contributed by atoms with Gasteiger partial charge in [0.2, 0.25) is 0 Å². The van der Waals surface area contributed by atoms with Crippen LogP contribution in [0.15, 0.2) is 22.7 Å². The quantitative estimate of drug-likeness (QED) is 0.904. The molecule has 1 rings (SSSR count). The van der Waals surface area contributed by atoms with Crippen molar-refractivity contribution in [3.63, 3.8) is 0 Å². The number of carboxylic acids is 1. The van der Waals surface area contributed by atoms with Gasteiger partial charge in [0.1, 0.15) is 0 Å². The second kappa shape index (κ2) is 6.01. The van der Waals surface area contributed by atoms with Crippen LogP contribution in [-0.4, -0.2) is 29.6 Å². The molecule has 0 saturated carbocycles. The van der Waals surface area contributed by atoms with Crippen molar-refractivity contribution in [2.24, 2.45) is 0 Å². The Morgan fingerprint density at radius 1 is 1.50 bits per heavy atom. The predicted molar refractivity (Wildman–Crippen MR) is 67.7 cm³/mol. The molecule has 0 aromatic heterocycles. The maximum Gasteiger partial charge on any atom is 0.335 e. The van der Waals surface area contributed by atoms with Crippen molar-refractivity contribution in [1.29, 1.82) is 0 Å². The van der Waals surface area contributed by atoms with Crippen LogP contribution >= 0.6 is 15.9 Å². The van der Waals surface area contributed by atoms with E-state index in [9.17, 15) is 4.79 Å². The van der Waals surface area contributed by atoms with E-state index in [2.05, 4.69) is 27.8 Å². The van der Waals surface area contributed by atoms with Crippen LogP contribution in [0, 0.1) is 0 Å². The summed E-state index contributed by atoms with van der Waals surface area (Å²) >= 11 is 3.44. The first-order valence-corrected chi connectivity index (χ1v) is 6.04. The van der Waals surface area contributed by atoms with Crippen molar-refractivity contribution < 1.29 is 9.90 Å². The summed E-state index contributed by atoms with van der Waals surface area (Å²) in [6.45, 7) is 3.89. The molecule has 0 aliphatic rings. The van der Waals surface area contributed by atoms with E-state index in [1.54, 1.807) is 18.2 Å². The van der Waals surface area contributed by atoms with Crippen LogP contribution in [0.5, 0.6) is 0 Å². The van der Waals surface area contributed by atoms with Crippen LogP contribution < -0.4 is 0 Å². The second-order valence-corrected chi connectivity index (χ2v) is 4.70. The molecule has 0 aliphatic carbocycles. The molecule has 0 aliphatic heterocycles. The molecule has 1 aromatic rings. The Hall–Kier alpha value is -0.870. The van der Waals surface area contributed by atoms with Crippen molar-refractivity contribution in [1.82, 2.24) is 4.90 Å². The lowest BCUT2D eigenvalue weighted by molar-refractivity contribution is 0.0696. The van der Waals surface area contributed by atoms with Crippen LogP contribution in [0.25, 0.3) is 0 Å². The lowest BCUT2D eigenvalue weighted by atomic mass is 10.1. The maximum atomic E-state index is 10.8. The van der Waals surface area contributed by atoms with E-state index >= 15 is 0 Å². The van der Waals surface area contributed by atoms with Crippen LogP contribution in [0.2, 0.25) is 0 Å². The smallest absolute Gasteiger partial charge is 0.335 e. The van der Waals surface area contributed by atoms with Gasteiger partial charge in [-0.15, -0.1) is 0 Å². The van der Waals surface area contributed by atoms with E-state index in [1.807, 2.05) is 7.05 Å². The summed E-state index contributed by atoms with van der Waals surface area (Å²) in [5, 5.41) is 8.91. The molecule has 0 fully saturated rings. The highest BCUT2D eigenvalue weighted by Gasteiger charge is 2.08. The van der Waals surface area contributed by atoms with Gasteiger partial charge in [0.05, 0.1) is 5.56 Å². The van der Waals surface area contributed by atoms with E-state index in [-0.39, 0.29) is 0 Å². The SMILES string of the molecule is CCCN(C)Cc1cc(C(=O)O)ccc1Br. The number of benzene rings is 1. The van der Waals surface area contributed by atoms with Crippen LogP contribution in [-0.2, 0) is 6.54 Å². The van der Waals surface area contributed by atoms with E-state index in [0.717, 1.165) is 29.5 Å². The van der Waals surface area contributed by atoms with Crippen LogP contribution in [0.3, 0.4) is 0 Å². The topological polar surface area (TPSA) is 40.5 Å². The Balaban J connectivity index is 2.85. The minimum absolute atomic E-state index is 0.336. The van der Waals surface area contributed by atoms with E-state index in [0.29, 0.717) is 5.56 Å². The summed E-state index contributed by atoms with van der Waals surface area (Å²) in [6, 6.07) is 5.12. The number of rotatable bonds is 5. The average molecular weight is 286 g/mol. The summed E-state index contributed by atoms with van der Waals surface area (Å²) in [5.74, 6) is -0.883. The third kappa shape index (κ3) is 3.61. The Morgan fingerprint density at radius 3 is 2.75 bits per heavy atom. The van der Waals surface area contributed by atoms with Gasteiger partial charge in [0.15, 0.2) is 0 Å². The zero-order chi connectivity index (χ0) is 12.1. The standard InChI is InChI=1S/C12H16BrNO2/c1-3-6-14(2)8-10-7-9(12(15)16)4-5-11(10)13/h4-5,7H,3,6,8H2,1-2H3,(H,15,16). The molecule has 0 heterocycles. The number of nitrogens with zero attached hydrogens (tertiary/aromatic N) is 1. The first kappa shape index (κ1) is 13.2. The summed E-state index contributed by atoms with van der Waals surface area (Å²) < 4.78 is 0.959. The van der Waals surface area contributed by atoms with Gasteiger partial charge in [-0.1, -0.05) is 22.9 Å². The number of halogens is 1. The van der Waals surface area contributed by atoms with Gasteiger partial charge in [-0.3, -0.25) is 0 Å². The van der Waals surface area contributed by atoms with Crippen molar-refractivity contribution in [2.75, 3.05) is 13.6 Å². The van der Waals surface area contributed by atoms with Gasteiger partial charge < -0.3 is 10.0 Å². The molecule has 0 unspecified atom stereocenters. The van der Waals surface area contributed by atoms with Crippen LogP contribution in [0.4, 0.5) is 0 Å². The molecule has 0 radical (unpaired) electrons. The number of hydrogen-bond donors (Lipinski definition) is 1. The van der Waals surface area contributed by atoms with Gasteiger partial charge in [0.25, 0.3) is 0 Å². The fourth-order valence-electron chi connectivity index (χ4n) is 1.58. The van der Waals surface area contributed by atoms with Gasteiger partial charge in [-0.05, 0) is 43.8 Å². The summed E-state index contributed by atoms with van der Waals surface area (Å²) in [4.78, 5) is 13.0. The predicted octanol–water partition coefficient (Wildman–Crippen LogP) is 2.99. The maximum absolute atomic E-state index is 10.8. The van der Waals surface area contributed by atoms with Crippen molar-refractivity contribution in [3.05, 3.63) is 33.8 Å². The molecule has 0 amide bonds. The third-order valence-corrected chi connectivity index (χ3v) is 3.11. The minimum Gasteiger partial charge on any atom is -0.478 e. The van der Waals surface area contributed by atoms with Crippen LogP contribution in [0.1, 0.15) is 29.3 Å². The number of aromatic carboxylic acids is 1. The third-order valence-electron chi connectivity index (χ3n) is 2.34. The molecule has 0 spiro atoms. The number of carbonyl (C=O) groups is 1. The number of carboxylic acid groups (broad SMARTS) is 1. The van der Waals surface area contributed by atoms with Crippen molar-refractivity contribution in [2.45, 2.75) is 19.9 Å². The first-order valence-electron chi connectivity index (χ1n) is 5.25. The molecule has 1 N–H and O–H groups in total. The highest BCUT2D eigenvalue weighted by molar-refractivity contribution is 9.10. The first-order chi connectivity index (χ1) is 7.54. The fourth-order valence-corrected chi connectivity index (χ4v) is 1.95. The zero-order valence-corrected chi connectivity index (χ0v) is 11.1. The Bertz CT molecular complexity index is 379. The fraction of sp³-hybridized carbons (Fsp3) is 0.417. The van der Waals surface area contributed by atoms with E-state index in [4.69, 9.17) is 5.11 Å². The molecule has 16 heavy (non-hydrogen) atoms. The van der Waals surface area contributed by atoms with Gasteiger partial charge in [-0.25, -0.2) is 4.79 Å².